The van der Waals surface area contributed by atoms with Gasteiger partial charge in [-0.2, -0.15) is 53.0 Å². The molecule has 4 N–H and O–H groups in total. The number of nitrogens with one attached hydrogen (secondary N) is 4. The molecule has 0 bridgehead atoms. The van der Waals surface area contributed by atoms with Crippen LogP contribution in [0.1, 0.15) is 99.0 Å². The van der Waals surface area contributed by atoms with Crippen molar-refractivity contribution in [2.75, 3.05) is 27.0 Å². The van der Waals surface area contributed by atoms with Gasteiger partial charge in [-0.25, -0.2) is 36.8 Å². The van der Waals surface area contributed by atoms with E-state index in [1.54, 1.807) is 140 Å². The van der Waals surface area contributed by atoms with Crippen molar-refractivity contribution in [1.82, 2.24) is 84.9 Å². The van der Waals surface area contributed by atoms with Gasteiger partial charge in [0.2, 0.25) is 23.8 Å². The van der Waals surface area contributed by atoms with E-state index in [4.69, 9.17) is 4.52 Å². The number of ketones is 1. The van der Waals surface area contributed by atoms with Gasteiger partial charge >= 0.3 is 5.51 Å². The standard InChI is InChI=1S/C18H17N5O3S.C17H12F3N5O3S.C16H13N5O2S.C15H14N6O2/c1-3-27(25,26)14-9-7-13(8-10-14)17(24)23-18-21-12(2)20-16(22-18)15-6-4-5-11-19-15;1-10-22-14(13-4-2-3-9-21-13)24-16(23-10)25-15(26)11-5-7-12(8-6-11)29(27,28)17(18,19)20;1-9(22)12-6-7-13(24-12)15(23)21-16-19-10(2)18-14(20-16)11-5-3-4-8-17-11;1-8-12(9(2)23-21-8)14(22)20-15-18-10(3)17-13(19-15)11-6-4-5-7-16-11/h4-11H,3H2,1-2H3,(H,20,21,22,23,24);2-9H,1H3,(H,22,23,24,25,26);3-8H,1-2H3,(H,18,19,20,21,23);4-7H,1-3H3,(H,17,18,19,20,22). The highest BCUT2D eigenvalue weighted by molar-refractivity contribution is 7.92. The van der Waals surface area contributed by atoms with Crippen LogP contribution < -0.4 is 21.3 Å². The molecular formula is C66H56F3N21O10S3. The van der Waals surface area contributed by atoms with Gasteiger partial charge in [-0.3, -0.25) is 65.2 Å². The number of carbonyl (C=O) groups is 5. The monoisotopic (exact) mass is 1460 g/mol. The van der Waals surface area contributed by atoms with Gasteiger partial charge in [0, 0.05) is 35.9 Å². The fraction of sp³-hybridized carbons (Fsp3) is 0.152. The van der Waals surface area contributed by atoms with Gasteiger partial charge in [-0.15, -0.1) is 11.3 Å². The van der Waals surface area contributed by atoms with E-state index in [9.17, 15) is 54.0 Å². The Morgan fingerprint density at radius 3 is 1.07 bits per heavy atom. The first-order valence-electron chi connectivity index (χ1n) is 30.1. The number of pyridine rings is 4. The van der Waals surface area contributed by atoms with E-state index in [-0.39, 0.29) is 63.4 Å². The molecule has 10 aromatic heterocycles. The van der Waals surface area contributed by atoms with Crippen molar-refractivity contribution >= 4 is 84.2 Å². The average Bonchev–Trinajstić information content (AvgIpc) is 1.39. The number of thiophene rings is 1. The number of aromatic nitrogens is 17. The smallest absolute Gasteiger partial charge is 0.361 e. The van der Waals surface area contributed by atoms with E-state index in [1.807, 2.05) is 18.2 Å². The Morgan fingerprint density at radius 1 is 0.427 bits per heavy atom. The third-order valence-electron chi connectivity index (χ3n) is 13.5. The molecule has 0 spiro atoms. The number of benzene rings is 2. The molecule has 524 valence electrons. The molecule has 12 rings (SSSR count). The van der Waals surface area contributed by atoms with Crippen LogP contribution in [-0.2, 0) is 19.7 Å². The highest BCUT2D eigenvalue weighted by Gasteiger charge is 2.47. The summed E-state index contributed by atoms with van der Waals surface area (Å²) in [6.07, 6.45) is 6.46. The Balaban J connectivity index is 0.000000160. The molecule has 2 aromatic carbocycles. The summed E-state index contributed by atoms with van der Waals surface area (Å²) in [4.78, 5) is 128. The van der Waals surface area contributed by atoms with Crippen LogP contribution in [0.3, 0.4) is 0 Å². The maximum Gasteiger partial charge on any atom is 0.501 e. The van der Waals surface area contributed by atoms with E-state index in [1.165, 1.54) is 31.2 Å². The first-order valence-corrected chi connectivity index (χ1v) is 34.1. The van der Waals surface area contributed by atoms with Crippen molar-refractivity contribution in [2.24, 2.45) is 0 Å². The number of aryl methyl sites for hydroxylation is 6. The van der Waals surface area contributed by atoms with Crippen molar-refractivity contribution in [3.8, 4) is 46.1 Å². The highest BCUT2D eigenvalue weighted by Crippen LogP contribution is 2.31. The van der Waals surface area contributed by atoms with Crippen molar-refractivity contribution in [3.05, 3.63) is 219 Å². The Morgan fingerprint density at radius 2 is 0.767 bits per heavy atom. The van der Waals surface area contributed by atoms with Crippen molar-refractivity contribution < 1.29 is 58.5 Å². The summed E-state index contributed by atoms with van der Waals surface area (Å²) in [6.45, 7) is 13.1. The second kappa shape index (κ2) is 32.9. The van der Waals surface area contributed by atoms with Gasteiger partial charge < -0.3 is 4.52 Å². The first-order chi connectivity index (χ1) is 49.0. The molecule has 0 aliphatic carbocycles. The summed E-state index contributed by atoms with van der Waals surface area (Å²) in [5, 5.41) is 14.0. The Kier molecular flexibility index (Phi) is 23.8. The Labute approximate surface area is 587 Å². The SMILES string of the molecule is CC(=O)c1ccc(C(=O)Nc2nc(C)nc(-c3ccccn3)n2)s1.CCS(=O)(=O)c1ccc(C(=O)Nc2nc(C)nc(-c3ccccn3)n2)cc1.Cc1nc(NC(=O)c2c(C)noc2C)nc(-c2ccccn2)n1.Cc1nc(NC(=O)c2ccc(S(=O)(=O)C(F)(F)F)cc2)nc(-c2ccccn2)n1. The maximum atomic E-state index is 12.6. The number of sulfone groups is 2. The van der Waals surface area contributed by atoms with E-state index in [0.29, 0.717) is 108 Å². The fourth-order valence-electron chi connectivity index (χ4n) is 8.62. The number of Topliss-reactive ketones (excluding diaryl/α,β-unsaturated/α-hetero) is 1. The van der Waals surface area contributed by atoms with Crippen molar-refractivity contribution in [1.29, 1.82) is 0 Å². The van der Waals surface area contributed by atoms with Gasteiger partial charge in [0.05, 0.1) is 31.0 Å². The van der Waals surface area contributed by atoms with Crippen molar-refractivity contribution in [2.45, 2.75) is 70.7 Å². The second-order valence-electron chi connectivity index (χ2n) is 21.1. The number of carbonyl (C=O) groups excluding carboxylic acids is 5. The lowest BCUT2D eigenvalue weighted by Gasteiger charge is -2.09. The van der Waals surface area contributed by atoms with E-state index in [0.717, 1.165) is 23.5 Å². The van der Waals surface area contributed by atoms with Crippen LogP contribution in [0.25, 0.3) is 46.1 Å². The fourth-order valence-corrected chi connectivity index (χ4v) is 11.1. The van der Waals surface area contributed by atoms with E-state index >= 15 is 0 Å². The van der Waals surface area contributed by atoms with E-state index < -0.39 is 41.9 Å². The quantitative estimate of drug-likeness (QED) is 0.0653. The number of amides is 4. The van der Waals surface area contributed by atoms with Gasteiger partial charge in [0.25, 0.3) is 33.5 Å². The molecule has 12 aromatic rings. The summed E-state index contributed by atoms with van der Waals surface area (Å²) in [5.74, 6) is 1.78. The highest BCUT2D eigenvalue weighted by atomic mass is 32.2. The minimum atomic E-state index is -5.49. The number of hydrogen-bond acceptors (Lipinski definition) is 28. The van der Waals surface area contributed by atoms with E-state index in [2.05, 4.69) is 106 Å². The molecule has 31 nitrogen and oxygen atoms in total. The first kappa shape index (κ1) is 74.5. The zero-order valence-electron chi connectivity index (χ0n) is 55.3. The number of anilines is 4. The molecule has 4 amide bonds. The molecule has 0 radical (unpaired) electrons. The third-order valence-corrected chi connectivity index (χ3v) is 17.9. The van der Waals surface area contributed by atoms with Gasteiger partial charge in [-0.1, -0.05) is 36.3 Å². The lowest BCUT2D eigenvalue weighted by molar-refractivity contribution is -0.0436. The van der Waals surface area contributed by atoms with Crippen LogP contribution in [0.2, 0.25) is 0 Å². The van der Waals surface area contributed by atoms with Gasteiger partial charge in [0.1, 0.15) is 57.4 Å². The van der Waals surface area contributed by atoms with Crippen LogP contribution in [0.4, 0.5) is 37.0 Å². The van der Waals surface area contributed by atoms with Crippen molar-refractivity contribution in [3.63, 3.8) is 0 Å². The predicted molar refractivity (Wildman–Crippen MR) is 367 cm³/mol. The molecule has 0 saturated carbocycles. The zero-order chi connectivity index (χ0) is 74.2. The number of rotatable bonds is 16. The van der Waals surface area contributed by atoms with Crippen LogP contribution >= 0.6 is 11.3 Å². The molecular weight excluding hydrogens is 1400 g/mol. The minimum absolute atomic E-state index is 0.00102. The van der Waals surface area contributed by atoms with Crippen LogP contribution in [0.15, 0.2) is 173 Å². The molecule has 0 aliphatic rings. The predicted octanol–water partition coefficient (Wildman–Crippen LogP) is 9.93. The maximum absolute atomic E-state index is 12.6. The summed E-state index contributed by atoms with van der Waals surface area (Å²) in [5.41, 5.74) is -2.12. The Bertz CT molecular complexity index is 5290. The van der Waals surface area contributed by atoms with Crippen LogP contribution in [-0.4, -0.2) is 142 Å². The number of halogens is 3. The molecule has 0 saturated heterocycles. The number of alkyl halides is 3. The normalized spacial score (nSPS) is 11.1. The number of nitrogens with zero attached hydrogens (tertiary/aromatic N) is 17. The molecule has 10 heterocycles. The van der Waals surface area contributed by atoms with Crippen LogP contribution in [0, 0.1) is 41.5 Å². The molecule has 0 unspecified atom stereocenters. The molecule has 103 heavy (non-hydrogen) atoms. The number of hydrogen-bond donors (Lipinski definition) is 4. The minimum Gasteiger partial charge on any atom is -0.361 e. The molecule has 0 aliphatic heterocycles. The molecule has 0 fully saturated rings. The zero-order valence-corrected chi connectivity index (χ0v) is 57.7. The molecule has 37 heteroatoms. The summed E-state index contributed by atoms with van der Waals surface area (Å²) in [7, 11) is -8.80. The largest absolute Gasteiger partial charge is 0.501 e. The topological polar surface area (TPSA) is 434 Å². The van der Waals surface area contributed by atoms with Gasteiger partial charge in [-0.05, 0) is 158 Å². The summed E-state index contributed by atoms with van der Waals surface area (Å²) in [6, 6.07) is 33.6. The lowest BCUT2D eigenvalue weighted by Crippen LogP contribution is -2.23. The molecule has 0 atom stereocenters. The van der Waals surface area contributed by atoms with Crippen LogP contribution in [0.5, 0.6) is 0 Å². The lowest BCUT2D eigenvalue weighted by atomic mass is 10.2. The summed E-state index contributed by atoms with van der Waals surface area (Å²) < 4.78 is 89.2. The average molecular weight is 1460 g/mol. The third kappa shape index (κ3) is 19.8. The summed E-state index contributed by atoms with van der Waals surface area (Å²) >= 11 is 1.13. The van der Waals surface area contributed by atoms with Gasteiger partial charge in [0.15, 0.2) is 38.9 Å². The second-order valence-corrected chi connectivity index (χ2v) is 26.4. The Hall–Kier alpha value is -12.8.